The fraction of sp³-hybridized carbons (Fsp3) is 0.588. The predicted molar refractivity (Wildman–Crippen MR) is 86.7 cm³/mol. The number of halogens is 3. The Balaban J connectivity index is 1.74. The van der Waals surface area contributed by atoms with Gasteiger partial charge < -0.3 is 4.74 Å². The Hall–Kier alpha value is -1.79. The summed E-state index contributed by atoms with van der Waals surface area (Å²) in [6.07, 6.45) is -3.24. The van der Waals surface area contributed by atoms with Crippen molar-refractivity contribution in [3.63, 3.8) is 0 Å². The maximum atomic E-state index is 13.2. The third kappa shape index (κ3) is 2.35. The van der Waals surface area contributed by atoms with E-state index in [0.717, 1.165) is 29.3 Å². The van der Waals surface area contributed by atoms with Crippen molar-refractivity contribution in [1.82, 2.24) is 0 Å². The fourth-order valence-electron chi connectivity index (χ4n) is 5.03. The molecule has 2 aliphatic carbocycles. The summed E-state index contributed by atoms with van der Waals surface area (Å²) in [6, 6.07) is 4.60. The molecule has 1 heterocycles. The molecule has 9 heteroatoms. The van der Waals surface area contributed by atoms with Gasteiger partial charge in [-0.25, -0.2) is 8.42 Å². The van der Waals surface area contributed by atoms with Crippen LogP contribution in [0.2, 0.25) is 0 Å². The Morgan fingerprint density at radius 2 is 2.00 bits per heavy atom. The van der Waals surface area contributed by atoms with E-state index in [2.05, 4.69) is 0 Å². The quantitative estimate of drug-likeness (QED) is 0.784. The van der Waals surface area contributed by atoms with Gasteiger partial charge in [-0.2, -0.15) is 18.4 Å². The van der Waals surface area contributed by atoms with Crippen molar-refractivity contribution in [3.8, 4) is 6.07 Å². The van der Waals surface area contributed by atoms with E-state index >= 15 is 0 Å². The third-order valence-corrected chi connectivity index (χ3v) is 8.45. The molecule has 1 saturated heterocycles. The summed E-state index contributed by atoms with van der Waals surface area (Å²) < 4.78 is 72.3. The SMILES string of the molecule is CO[C@H]1C[C@H]2C[C@H]1[C@@H]1[C@H]2CN(c2ccc(C#N)c(C(F)(F)F)c2)S1(=O)=O. The number of methoxy groups -OCH3 is 1. The van der Waals surface area contributed by atoms with Gasteiger partial charge in [0.1, 0.15) is 0 Å². The standard InChI is InChI=1S/C17H17F3N2O3S/c1-25-15-5-10-4-12(15)16-13(10)8-22(26(16,23)24)11-3-2-9(7-21)14(6-11)17(18,19)20/h2-3,6,10,12-13,15-16H,4-5,8H2,1H3/t10-,12-,13+,15+,16-/m1/s1. The second-order valence-electron chi connectivity index (χ2n) is 7.21. The van der Waals surface area contributed by atoms with Gasteiger partial charge in [0.05, 0.1) is 34.2 Å². The second kappa shape index (κ2) is 5.60. The minimum absolute atomic E-state index is 0.0286. The Kier molecular flexibility index (Phi) is 3.80. The zero-order valence-electron chi connectivity index (χ0n) is 13.9. The van der Waals surface area contributed by atoms with Crippen LogP contribution in [0.4, 0.5) is 18.9 Å². The summed E-state index contributed by atoms with van der Waals surface area (Å²) in [5.74, 6) is 0.0297. The summed E-state index contributed by atoms with van der Waals surface area (Å²) >= 11 is 0. The highest BCUT2D eigenvalue weighted by Gasteiger charge is 2.63. The number of hydrogen-bond acceptors (Lipinski definition) is 4. The molecule has 3 fully saturated rings. The van der Waals surface area contributed by atoms with E-state index < -0.39 is 32.6 Å². The van der Waals surface area contributed by atoms with Crippen molar-refractivity contribution in [2.45, 2.75) is 30.4 Å². The molecule has 1 aliphatic heterocycles. The maximum absolute atomic E-state index is 13.2. The molecule has 0 amide bonds. The summed E-state index contributed by atoms with van der Waals surface area (Å²) in [5, 5.41) is 8.31. The highest BCUT2D eigenvalue weighted by molar-refractivity contribution is 7.93. The maximum Gasteiger partial charge on any atom is 0.417 e. The molecule has 2 saturated carbocycles. The van der Waals surface area contributed by atoms with Crippen LogP contribution in [-0.4, -0.2) is 33.4 Å². The lowest BCUT2D eigenvalue weighted by molar-refractivity contribution is -0.137. The summed E-state index contributed by atoms with van der Waals surface area (Å²) in [4.78, 5) is 0. The predicted octanol–water partition coefficient (Wildman–Crippen LogP) is 2.77. The topological polar surface area (TPSA) is 70.4 Å². The van der Waals surface area contributed by atoms with Gasteiger partial charge in [-0.15, -0.1) is 0 Å². The lowest BCUT2D eigenvalue weighted by Crippen LogP contribution is -2.39. The zero-order chi connectivity index (χ0) is 18.9. The molecule has 1 aromatic carbocycles. The van der Waals surface area contributed by atoms with E-state index in [1.54, 1.807) is 7.11 Å². The van der Waals surface area contributed by atoms with Gasteiger partial charge in [-0.3, -0.25) is 4.31 Å². The average Bonchev–Trinajstić information content (AvgIpc) is 3.23. The largest absolute Gasteiger partial charge is 0.417 e. The number of nitrogens with zero attached hydrogens (tertiary/aromatic N) is 2. The molecule has 2 bridgehead atoms. The second-order valence-corrected chi connectivity index (χ2v) is 9.23. The zero-order valence-corrected chi connectivity index (χ0v) is 14.7. The van der Waals surface area contributed by atoms with Crippen LogP contribution >= 0.6 is 0 Å². The summed E-state index contributed by atoms with van der Waals surface area (Å²) in [7, 11) is -2.20. The highest BCUT2D eigenvalue weighted by atomic mass is 32.2. The minimum atomic E-state index is -4.72. The first kappa shape index (κ1) is 17.6. The molecule has 140 valence electrons. The van der Waals surface area contributed by atoms with Crippen LogP contribution in [0.25, 0.3) is 0 Å². The average molecular weight is 386 g/mol. The number of sulfonamides is 1. The first-order valence-electron chi connectivity index (χ1n) is 8.34. The van der Waals surface area contributed by atoms with Crippen molar-refractivity contribution in [2.24, 2.45) is 17.8 Å². The van der Waals surface area contributed by atoms with Crippen molar-refractivity contribution in [2.75, 3.05) is 18.0 Å². The molecule has 0 unspecified atom stereocenters. The van der Waals surface area contributed by atoms with Gasteiger partial charge in [0.15, 0.2) is 0 Å². The fourth-order valence-corrected chi connectivity index (χ4v) is 7.59. The van der Waals surface area contributed by atoms with Crippen LogP contribution in [-0.2, 0) is 20.9 Å². The smallest absolute Gasteiger partial charge is 0.381 e. The van der Waals surface area contributed by atoms with E-state index in [9.17, 15) is 21.6 Å². The Bertz CT molecular complexity index is 893. The third-order valence-electron chi connectivity index (χ3n) is 6.08. The molecule has 0 aromatic heterocycles. The van der Waals surface area contributed by atoms with E-state index in [1.165, 1.54) is 12.1 Å². The number of nitriles is 1. The van der Waals surface area contributed by atoms with E-state index in [0.29, 0.717) is 0 Å². The highest BCUT2D eigenvalue weighted by Crippen LogP contribution is 2.56. The molecule has 3 aliphatic rings. The van der Waals surface area contributed by atoms with Gasteiger partial charge in [0, 0.05) is 19.6 Å². The van der Waals surface area contributed by atoms with E-state index in [-0.39, 0.29) is 36.1 Å². The van der Waals surface area contributed by atoms with Crippen molar-refractivity contribution in [1.29, 1.82) is 5.26 Å². The van der Waals surface area contributed by atoms with Gasteiger partial charge in [0.25, 0.3) is 0 Å². The van der Waals surface area contributed by atoms with Crippen molar-refractivity contribution in [3.05, 3.63) is 29.3 Å². The molecule has 5 nitrogen and oxygen atoms in total. The Morgan fingerprint density at radius 3 is 2.62 bits per heavy atom. The number of fused-ring (bicyclic) bond motifs is 5. The molecule has 1 aromatic rings. The molecule has 26 heavy (non-hydrogen) atoms. The summed E-state index contributed by atoms with van der Waals surface area (Å²) in [6.45, 7) is 0.188. The molecular formula is C17H17F3N2O3S. The molecule has 0 radical (unpaired) electrons. The lowest BCUT2D eigenvalue weighted by atomic mass is 9.86. The first-order chi connectivity index (χ1) is 12.2. The molecule has 0 N–H and O–H groups in total. The van der Waals surface area contributed by atoms with Crippen molar-refractivity contribution >= 4 is 15.7 Å². The van der Waals surface area contributed by atoms with Crippen molar-refractivity contribution < 1.29 is 26.3 Å². The number of anilines is 1. The van der Waals surface area contributed by atoms with Crippen LogP contribution in [0.5, 0.6) is 0 Å². The lowest BCUT2D eigenvalue weighted by Gasteiger charge is -2.28. The molecule has 5 atom stereocenters. The minimum Gasteiger partial charge on any atom is -0.381 e. The van der Waals surface area contributed by atoms with Gasteiger partial charge in [-0.1, -0.05) is 0 Å². The van der Waals surface area contributed by atoms with E-state index in [4.69, 9.17) is 10.00 Å². The van der Waals surface area contributed by atoms with Crippen LogP contribution < -0.4 is 4.31 Å². The number of hydrogen-bond donors (Lipinski definition) is 0. The van der Waals surface area contributed by atoms with Crippen LogP contribution in [0, 0.1) is 29.1 Å². The van der Waals surface area contributed by atoms with Crippen LogP contribution in [0.3, 0.4) is 0 Å². The van der Waals surface area contributed by atoms with Crippen LogP contribution in [0.1, 0.15) is 24.0 Å². The summed E-state index contributed by atoms with van der Waals surface area (Å²) in [5.41, 5.74) is -1.65. The first-order valence-corrected chi connectivity index (χ1v) is 9.84. The Morgan fingerprint density at radius 1 is 1.27 bits per heavy atom. The monoisotopic (exact) mass is 386 g/mol. The molecule has 4 rings (SSSR count). The normalized spacial score (nSPS) is 34.7. The van der Waals surface area contributed by atoms with Crippen LogP contribution in [0.15, 0.2) is 18.2 Å². The number of alkyl halides is 3. The van der Waals surface area contributed by atoms with Gasteiger partial charge in [0.2, 0.25) is 10.0 Å². The molecule has 0 spiro atoms. The molecular weight excluding hydrogens is 369 g/mol. The van der Waals surface area contributed by atoms with Gasteiger partial charge in [-0.05, 0) is 42.9 Å². The van der Waals surface area contributed by atoms with E-state index in [1.807, 2.05) is 0 Å². The number of benzene rings is 1. The number of ether oxygens (including phenoxy) is 1. The van der Waals surface area contributed by atoms with Gasteiger partial charge >= 0.3 is 6.18 Å². The Labute approximate surface area is 149 Å². The number of rotatable bonds is 2.